The van der Waals surface area contributed by atoms with Gasteiger partial charge in [-0.2, -0.15) is 0 Å². The van der Waals surface area contributed by atoms with Crippen LogP contribution in [0.3, 0.4) is 0 Å². The van der Waals surface area contributed by atoms with Crippen molar-refractivity contribution in [2.45, 2.75) is 57.2 Å². The minimum Gasteiger partial charge on any atom is -0.378 e. The molecule has 1 saturated carbocycles. The third-order valence-corrected chi connectivity index (χ3v) is 4.99. The van der Waals surface area contributed by atoms with Gasteiger partial charge in [-0.1, -0.05) is 0 Å². The fraction of sp³-hybridized carbons (Fsp3) is 0.933. The molecule has 2 amide bonds. The fourth-order valence-electron chi connectivity index (χ4n) is 3.03. The molecule has 5 heteroatoms. The zero-order valence-electron chi connectivity index (χ0n) is 13.2. The predicted molar refractivity (Wildman–Crippen MR) is 79.8 cm³/mol. The van der Waals surface area contributed by atoms with E-state index in [0.29, 0.717) is 18.6 Å². The molecule has 2 aliphatic rings. The third kappa shape index (κ3) is 3.64. The Bertz CT molecular complexity index is 344. The monoisotopic (exact) mass is 283 g/mol. The van der Waals surface area contributed by atoms with Crippen LogP contribution in [0.1, 0.15) is 39.5 Å². The lowest BCUT2D eigenvalue weighted by molar-refractivity contribution is 0.0548. The van der Waals surface area contributed by atoms with Crippen molar-refractivity contribution in [1.82, 2.24) is 15.5 Å². The number of hydrogen-bond acceptors (Lipinski definition) is 3. The Kier molecular flexibility index (Phi) is 4.91. The van der Waals surface area contributed by atoms with Crippen LogP contribution in [0.5, 0.6) is 0 Å². The number of carbonyl (C=O) groups excluding carboxylic acids is 1. The van der Waals surface area contributed by atoms with Crippen LogP contribution in [-0.4, -0.2) is 55.9 Å². The number of nitrogens with zero attached hydrogens (tertiary/aromatic N) is 1. The second-order valence-electron chi connectivity index (χ2n) is 6.93. The van der Waals surface area contributed by atoms with Crippen LogP contribution in [-0.2, 0) is 4.74 Å². The normalized spacial score (nSPS) is 30.1. The highest BCUT2D eigenvalue weighted by Crippen LogP contribution is 2.34. The Morgan fingerprint density at radius 1 is 1.30 bits per heavy atom. The summed E-state index contributed by atoms with van der Waals surface area (Å²) in [6, 6.07) is 0.233. The van der Waals surface area contributed by atoms with Crippen molar-refractivity contribution in [3.63, 3.8) is 0 Å². The Morgan fingerprint density at radius 2 is 2.05 bits per heavy atom. The molecule has 0 spiro atoms. The van der Waals surface area contributed by atoms with Gasteiger partial charge in [0.1, 0.15) is 0 Å². The first kappa shape index (κ1) is 15.6. The molecule has 2 rings (SSSR count). The first-order valence-corrected chi connectivity index (χ1v) is 7.73. The summed E-state index contributed by atoms with van der Waals surface area (Å²) in [4.78, 5) is 14.2. The van der Waals surface area contributed by atoms with Crippen LogP contribution in [0, 0.1) is 5.92 Å². The van der Waals surface area contributed by atoms with Crippen molar-refractivity contribution in [2.24, 2.45) is 5.92 Å². The number of likely N-dealkylation sites (N-methyl/N-ethyl adjacent to an activating group) is 1. The number of hydrogen-bond donors (Lipinski definition) is 2. The topological polar surface area (TPSA) is 53.6 Å². The number of nitrogens with one attached hydrogen (secondary N) is 2. The summed E-state index contributed by atoms with van der Waals surface area (Å²) in [7, 11) is 4.06. The minimum absolute atomic E-state index is 0.0388. The lowest BCUT2D eigenvalue weighted by Crippen LogP contribution is -2.53. The van der Waals surface area contributed by atoms with Crippen LogP contribution >= 0.6 is 0 Å². The molecule has 2 fully saturated rings. The first-order valence-electron chi connectivity index (χ1n) is 7.73. The van der Waals surface area contributed by atoms with Gasteiger partial charge in [-0.15, -0.1) is 0 Å². The summed E-state index contributed by atoms with van der Waals surface area (Å²) in [6.45, 7) is 5.73. The summed E-state index contributed by atoms with van der Waals surface area (Å²) >= 11 is 0. The average molecular weight is 283 g/mol. The Morgan fingerprint density at radius 3 is 2.75 bits per heavy atom. The SMILES string of the molecule is CN(C)C(C)(C)CNC(=O)N[C@@H]1CCC[C@H]2OCC[C@@H]12. The second-order valence-corrected chi connectivity index (χ2v) is 6.93. The summed E-state index contributed by atoms with van der Waals surface area (Å²) < 4.78 is 5.74. The molecule has 1 aliphatic heterocycles. The molecule has 20 heavy (non-hydrogen) atoms. The lowest BCUT2D eigenvalue weighted by Gasteiger charge is -2.35. The van der Waals surface area contributed by atoms with Gasteiger partial charge < -0.3 is 20.3 Å². The Hall–Kier alpha value is -0.810. The number of fused-ring (bicyclic) bond motifs is 1. The number of amides is 2. The van der Waals surface area contributed by atoms with E-state index in [2.05, 4.69) is 29.4 Å². The molecular formula is C15H29N3O2. The smallest absolute Gasteiger partial charge is 0.315 e. The Balaban J connectivity index is 1.79. The molecule has 0 aromatic heterocycles. The molecule has 0 aromatic rings. The van der Waals surface area contributed by atoms with Gasteiger partial charge in [-0.3, -0.25) is 0 Å². The maximum atomic E-state index is 12.1. The van der Waals surface area contributed by atoms with Crippen LogP contribution in [0.4, 0.5) is 4.79 Å². The summed E-state index contributed by atoms with van der Waals surface area (Å²) in [5.41, 5.74) is -0.0388. The highest BCUT2D eigenvalue weighted by Gasteiger charge is 2.38. The van der Waals surface area contributed by atoms with E-state index in [-0.39, 0.29) is 17.6 Å². The van der Waals surface area contributed by atoms with Gasteiger partial charge in [0.2, 0.25) is 0 Å². The lowest BCUT2D eigenvalue weighted by atomic mass is 9.82. The van der Waals surface area contributed by atoms with Crippen LogP contribution in [0.15, 0.2) is 0 Å². The number of urea groups is 1. The highest BCUT2D eigenvalue weighted by molar-refractivity contribution is 5.74. The molecule has 1 heterocycles. The molecular weight excluding hydrogens is 254 g/mol. The number of ether oxygens (including phenoxy) is 1. The van der Waals surface area contributed by atoms with E-state index >= 15 is 0 Å². The molecule has 116 valence electrons. The van der Waals surface area contributed by atoms with Gasteiger partial charge in [0.15, 0.2) is 0 Å². The van der Waals surface area contributed by atoms with Gasteiger partial charge in [0, 0.05) is 30.7 Å². The van der Waals surface area contributed by atoms with Gasteiger partial charge in [0.05, 0.1) is 6.10 Å². The van der Waals surface area contributed by atoms with Crippen LogP contribution in [0.25, 0.3) is 0 Å². The minimum atomic E-state index is -0.0440. The van der Waals surface area contributed by atoms with E-state index in [1.165, 1.54) is 0 Å². The molecule has 2 N–H and O–H groups in total. The van der Waals surface area contributed by atoms with Gasteiger partial charge in [-0.05, 0) is 53.6 Å². The average Bonchev–Trinajstić information content (AvgIpc) is 2.86. The fourth-order valence-corrected chi connectivity index (χ4v) is 3.03. The van der Waals surface area contributed by atoms with Crippen LogP contribution < -0.4 is 10.6 Å². The van der Waals surface area contributed by atoms with Gasteiger partial charge >= 0.3 is 6.03 Å². The quantitative estimate of drug-likeness (QED) is 0.824. The molecule has 3 atom stereocenters. The summed E-state index contributed by atoms with van der Waals surface area (Å²) in [5, 5.41) is 6.15. The molecule has 1 saturated heterocycles. The van der Waals surface area contributed by atoms with E-state index in [1.807, 2.05) is 14.1 Å². The van der Waals surface area contributed by atoms with E-state index in [4.69, 9.17) is 4.74 Å². The van der Waals surface area contributed by atoms with Gasteiger partial charge in [-0.25, -0.2) is 4.79 Å². The molecule has 0 radical (unpaired) electrons. The van der Waals surface area contributed by atoms with E-state index in [9.17, 15) is 4.79 Å². The zero-order valence-corrected chi connectivity index (χ0v) is 13.2. The zero-order chi connectivity index (χ0) is 14.8. The predicted octanol–water partition coefficient (Wildman–Crippen LogP) is 1.58. The largest absolute Gasteiger partial charge is 0.378 e. The van der Waals surface area contributed by atoms with E-state index in [1.54, 1.807) is 0 Å². The second kappa shape index (κ2) is 6.31. The van der Waals surface area contributed by atoms with E-state index < -0.39 is 0 Å². The molecule has 0 aromatic carbocycles. The maximum absolute atomic E-state index is 12.1. The molecule has 1 aliphatic carbocycles. The Labute approximate surface area is 122 Å². The summed E-state index contributed by atoms with van der Waals surface area (Å²) in [5.74, 6) is 0.511. The highest BCUT2D eigenvalue weighted by atomic mass is 16.5. The third-order valence-electron chi connectivity index (χ3n) is 4.99. The van der Waals surface area contributed by atoms with Crippen molar-refractivity contribution in [3.8, 4) is 0 Å². The maximum Gasteiger partial charge on any atom is 0.315 e. The van der Waals surface area contributed by atoms with E-state index in [0.717, 1.165) is 32.3 Å². The first-order chi connectivity index (χ1) is 9.40. The van der Waals surface area contributed by atoms with Crippen molar-refractivity contribution >= 4 is 6.03 Å². The molecule has 0 unspecified atom stereocenters. The number of rotatable bonds is 4. The van der Waals surface area contributed by atoms with Crippen LogP contribution in [0.2, 0.25) is 0 Å². The molecule has 0 bridgehead atoms. The van der Waals surface area contributed by atoms with Crippen molar-refractivity contribution in [3.05, 3.63) is 0 Å². The summed E-state index contributed by atoms with van der Waals surface area (Å²) in [6.07, 6.45) is 4.83. The standard InChI is InChI=1S/C15H29N3O2/c1-15(2,18(3)4)10-16-14(19)17-12-6-5-7-13-11(12)8-9-20-13/h11-13H,5-10H2,1-4H3,(H2,16,17,19)/t11-,12+,13+/m0/s1. The molecule has 5 nitrogen and oxygen atoms in total. The number of carbonyl (C=O) groups is 1. The van der Waals surface area contributed by atoms with Gasteiger partial charge in [0.25, 0.3) is 0 Å². The van der Waals surface area contributed by atoms with Crippen molar-refractivity contribution < 1.29 is 9.53 Å². The van der Waals surface area contributed by atoms with Crippen molar-refractivity contribution in [2.75, 3.05) is 27.2 Å². The van der Waals surface area contributed by atoms with Crippen molar-refractivity contribution in [1.29, 1.82) is 0 Å².